The molecule has 0 aliphatic heterocycles. The number of ether oxygens (including phenoxy) is 2. The third kappa shape index (κ3) is 3.50. The summed E-state index contributed by atoms with van der Waals surface area (Å²) in [6.45, 7) is 1.84. The molecule has 1 aliphatic carbocycles. The largest absolute Gasteiger partial charge is 0.495 e. The van der Waals surface area contributed by atoms with Gasteiger partial charge in [-0.05, 0) is 36.5 Å². The highest BCUT2D eigenvalue weighted by Gasteiger charge is 2.24. The molecule has 6 heteroatoms. The van der Waals surface area contributed by atoms with Gasteiger partial charge < -0.3 is 14.8 Å². The lowest BCUT2D eigenvalue weighted by atomic mass is 9.86. The summed E-state index contributed by atoms with van der Waals surface area (Å²) in [7, 11) is 2.89. The highest BCUT2D eigenvalue weighted by atomic mass is 16.5. The molecule has 0 aromatic heterocycles. The highest BCUT2D eigenvalue weighted by molar-refractivity contribution is 5.88. The maximum atomic E-state index is 11.5. The lowest BCUT2D eigenvalue weighted by Gasteiger charge is -2.28. The van der Waals surface area contributed by atoms with Crippen molar-refractivity contribution in [3.8, 4) is 5.75 Å². The summed E-state index contributed by atoms with van der Waals surface area (Å²) in [5.41, 5.74) is 2.82. The SMILES string of the molecule is CCC(=O)N[C@H]1CCc2c(ccc(OC)c2NC(=O)OC)C1. The molecule has 1 aliphatic rings. The summed E-state index contributed by atoms with van der Waals surface area (Å²) in [6.07, 6.45) is 2.32. The van der Waals surface area contributed by atoms with E-state index in [1.165, 1.54) is 7.11 Å². The Bertz CT molecular complexity index is 572. The van der Waals surface area contributed by atoms with E-state index in [9.17, 15) is 9.59 Å². The third-order valence-electron chi connectivity index (χ3n) is 3.90. The van der Waals surface area contributed by atoms with Gasteiger partial charge in [-0.25, -0.2) is 4.79 Å². The van der Waals surface area contributed by atoms with Crippen LogP contribution in [0.3, 0.4) is 0 Å². The smallest absolute Gasteiger partial charge is 0.411 e. The zero-order valence-corrected chi connectivity index (χ0v) is 13.2. The van der Waals surface area contributed by atoms with Gasteiger partial charge in [0.1, 0.15) is 5.75 Å². The fraction of sp³-hybridized carbons (Fsp3) is 0.500. The number of carbonyl (C=O) groups excluding carboxylic acids is 2. The van der Waals surface area contributed by atoms with E-state index in [-0.39, 0.29) is 11.9 Å². The molecule has 0 bridgehead atoms. The zero-order valence-electron chi connectivity index (χ0n) is 13.2. The first kappa shape index (κ1) is 16.1. The van der Waals surface area contributed by atoms with Gasteiger partial charge in [0.15, 0.2) is 0 Å². The summed E-state index contributed by atoms with van der Waals surface area (Å²) in [6, 6.07) is 3.95. The van der Waals surface area contributed by atoms with Gasteiger partial charge in [-0.3, -0.25) is 10.1 Å². The van der Waals surface area contributed by atoms with Crippen molar-refractivity contribution in [3.63, 3.8) is 0 Å². The Kier molecular flexibility index (Phi) is 5.25. The van der Waals surface area contributed by atoms with Crippen LogP contribution < -0.4 is 15.4 Å². The number of benzene rings is 1. The van der Waals surface area contributed by atoms with Crippen LogP contribution in [0.2, 0.25) is 0 Å². The first-order valence-electron chi connectivity index (χ1n) is 7.42. The van der Waals surface area contributed by atoms with Gasteiger partial charge in [0.2, 0.25) is 5.91 Å². The molecule has 0 spiro atoms. The Morgan fingerprint density at radius 3 is 2.73 bits per heavy atom. The van der Waals surface area contributed by atoms with E-state index in [2.05, 4.69) is 15.4 Å². The number of hydrogen-bond acceptors (Lipinski definition) is 4. The minimum absolute atomic E-state index is 0.0647. The lowest BCUT2D eigenvalue weighted by molar-refractivity contribution is -0.121. The second kappa shape index (κ2) is 7.15. The van der Waals surface area contributed by atoms with Gasteiger partial charge in [0.05, 0.1) is 19.9 Å². The predicted molar refractivity (Wildman–Crippen MR) is 83.3 cm³/mol. The molecular weight excluding hydrogens is 284 g/mol. The Hall–Kier alpha value is -2.24. The first-order chi connectivity index (χ1) is 10.6. The van der Waals surface area contributed by atoms with Crippen LogP contribution in [0.5, 0.6) is 5.75 Å². The molecule has 0 radical (unpaired) electrons. The summed E-state index contributed by atoms with van der Waals surface area (Å²) in [4.78, 5) is 23.1. The summed E-state index contributed by atoms with van der Waals surface area (Å²) < 4.78 is 10.00. The molecule has 6 nitrogen and oxygen atoms in total. The van der Waals surface area contributed by atoms with E-state index in [4.69, 9.17) is 4.74 Å². The van der Waals surface area contributed by atoms with Crippen LogP contribution in [0, 0.1) is 0 Å². The predicted octanol–water partition coefficient (Wildman–Crippen LogP) is 2.26. The molecule has 1 aromatic rings. The summed E-state index contributed by atoms with van der Waals surface area (Å²) in [5, 5.41) is 5.76. The van der Waals surface area contributed by atoms with E-state index >= 15 is 0 Å². The molecule has 0 saturated heterocycles. The van der Waals surface area contributed by atoms with Crippen LogP contribution in [-0.4, -0.2) is 32.3 Å². The minimum atomic E-state index is -0.520. The molecule has 120 valence electrons. The maximum Gasteiger partial charge on any atom is 0.411 e. The number of fused-ring (bicyclic) bond motifs is 1. The zero-order chi connectivity index (χ0) is 16.1. The molecular formula is C16H22N2O4. The minimum Gasteiger partial charge on any atom is -0.495 e. The second-order valence-corrected chi connectivity index (χ2v) is 5.26. The molecule has 22 heavy (non-hydrogen) atoms. The Balaban J connectivity index is 2.25. The number of carbonyl (C=O) groups is 2. The molecule has 2 rings (SSSR count). The van der Waals surface area contributed by atoms with Crippen molar-refractivity contribution in [2.45, 2.75) is 38.6 Å². The molecule has 1 aromatic carbocycles. The highest BCUT2D eigenvalue weighted by Crippen LogP contribution is 2.35. The molecule has 2 amide bonds. The van der Waals surface area contributed by atoms with Gasteiger partial charge in [-0.2, -0.15) is 0 Å². The van der Waals surface area contributed by atoms with E-state index in [0.717, 1.165) is 30.4 Å². The average molecular weight is 306 g/mol. The number of hydrogen-bond donors (Lipinski definition) is 2. The van der Waals surface area contributed by atoms with Crippen molar-refractivity contribution < 1.29 is 19.1 Å². The van der Waals surface area contributed by atoms with Crippen LogP contribution >= 0.6 is 0 Å². The van der Waals surface area contributed by atoms with Crippen LogP contribution in [0.25, 0.3) is 0 Å². The van der Waals surface area contributed by atoms with Gasteiger partial charge in [-0.15, -0.1) is 0 Å². The van der Waals surface area contributed by atoms with Crippen LogP contribution in [0.4, 0.5) is 10.5 Å². The van der Waals surface area contributed by atoms with E-state index in [0.29, 0.717) is 17.9 Å². The fourth-order valence-corrected chi connectivity index (χ4v) is 2.75. The number of anilines is 1. The lowest BCUT2D eigenvalue weighted by Crippen LogP contribution is -2.38. The fourth-order valence-electron chi connectivity index (χ4n) is 2.75. The molecule has 0 heterocycles. The standard InChI is InChI=1S/C16H22N2O4/c1-4-14(19)17-11-6-7-12-10(9-11)5-8-13(21-2)15(12)18-16(20)22-3/h5,8,11H,4,6-7,9H2,1-3H3,(H,17,19)(H,18,20)/t11-/m0/s1. The van der Waals surface area contributed by atoms with E-state index in [1.807, 2.05) is 19.1 Å². The normalized spacial score (nSPS) is 16.4. The third-order valence-corrected chi connectivity index (χ3v) is 3.90. The molecule has 0 saturated carbocycles. The molecule has 2 N–H and O–H groups in total. The van der Waals surface area contributed by atoms with Crippen molar-refractivity contribution in [1.29, 1.82) is 0 Å². The number of rotatable bonds is 4. The summed E-state index contributed by atoms with van der Waals surface area (Å²) in [5.74, 6) is 0.676. The van der Waals surface area contributed by atoms with Crippen molar-refractivity contribution in [3.05, 3.63) is 23.3 Å². The Labute approximate surface area is 130 Å². The first-order valence-corrected chi connectivity index (χ1v) is 7.42. The van der Waals surface area contributed by atoms with Crippen molar-refractivity contribution in [2.24, 2.45) is 0 Å². The van der Waals surface area contributed by atoms with Gasteiger partial charge in [0, 0.05) is 12.5 Å². The van der Waals surface area contributed by atoms with Crippen LogP contribution in [0.15, 0.2) is 12.1 Å². The number of methoxy groups -OCH3 is 2. The number of amides is 2. The summed E-state index contributed by atoms with van der Waals surface area (Å²) >= 11 is 0. The second-order valence-electron chi connectivity index (χ2n) is 5.26. The average Bonchev–Trinajstić information content (AvgIpc) is 2.54. The number of nitrogens with one attached hydrogen (secondary N) is 2. The van der Waals surface area contributed by atoms with Crippen LogP contribution in [0.1, 0.15) is 30.9 Å². The van der Waals surface area contributed by atoms with E-state index in [1.54, 1.807) is 7.11 Å². The topological polar surface area (TPSA) is 76.7 Å². The van der Waals surface area contributed by atoms with E-state index < -0.39 is 6.09 Å². The Morgan fingerprint density at radius 2 is 2.09 bits per heavy atom. The molecule has 0 unspecified atom stereocenters. The molecule has 0 fully saturated rings. The van der Waals surface area contributed by atoms with Crippen molar-refractivity contribution in [1.82, 2.24) is 5.32 Å². The van der Waals surface area contributed by atoms with Gasteiger partial charge in [-0.1, -0.05) is 13.0 Å². The van der Waals surface area contributed by atoms with Crippen LogP contribution in [-0.2, 0) is 22.4 Å². The molecule has 1 atom stereocenters. The Morgan fingerprint density at radius 1 is 1.32 bits per heavy atom. The maximum absolute atomic E-state index is 11.5. The van der Waals surface area contributed by atoms with Gasteiger partial charge in [0.25, 0.3) is 0 Å². The van der Waals surface area contributed by atoms with Crippen molar-refractivity contribution in [2.75, 3.05) is 19.5 Å². The monoisotopic (exact) mass is 306 g/mol. The quantitative estimate of drug-likeness (QED) is 0.894. The van der Waals surface area contributed by atoms with Crippen molar-refractivity contribution >= 4 is 17.7 Å². The van der Waals surface area contributed by atoms with Gasteiger partial charge >= 0.3 is 6.09 Å².